The van der Waals surface area contributed by atoms with E-state index in [1.54, 1.807) is 54.6 Å². The molecule has 9 heteroatoms. The Balaban J connectivity index is 1.55. The van der Waals surface area contributed by atoms with Crippen molar-refractivity contribution in [3.8, 4) is 5.75 Å². The van der Waals surface area contributed by atoms with Gasteiger partial charge in [0.05, 0.1) is 11.8 Å². The molecule has 0 aliphatic heterocycles. The summed E-state index contributed by atoms with van der Waals surface area (Å²) < 4.78 is 6.20. The van der Waals surface area contributed by atoms with Crippen molar-refractivity contribution >= 4 is 61.6 Å². The van der Waals surface area contributed by atoms with Gasteiger partial charge in [-0.15, -0.1) is 0 Å². The molecule has 162 valence electrons. The molecule has 3 N–H and O–H groups in total. The monoisotopic (exact) mass is 466 g/mol. The van der Waals surface area contributed by atoms with Gasteiger partial charge in [-0.1, -0.05) is 47.2 Å². The molecule has 1 heterocycles. The summed E-state index contributed by atoms with van der Waals surface area (Å²) in [4.78, 5) is 29.4. The van der Waals surface area contributed by atoms with E-state index in [0.29, 0.717) is 38.4 Å². The fourth-order valence-corrected chi connectivity index (χ4v) is 4.16. The molecule has 0 radical (unpaired) electrons. The second-order valence-electron chi connectivity index (χ2n) is 6.86. The number of carbonyl (C=O) groups excluding carboxylic acids is 2. The Labute approximate surface area is 193 Å². The van der Waals surface area contributed by atoms with Crippen LogP contribution in [0.1, 0.15) is 15.9 Å². The van der Waals surface area contributed by atoms with Gasteiger partial charge < -0.3 is 15.4 Å². The summed E-state index contributed by atoms with van der Waals surface area (Å²) in [5.74, 6) is 0.228. The quantitative estimate of drug-likeness (QED) is 0.328. The van der Waals surface area contributed by atoms with Crippen LogP contribution in [0.3, 0.4) is 0 Å². The Bertz CT molecular complexity index is 1310. The van der Waals surface area contributed by atoms with E-state index >= 15 is 0 Å². The topological polar surface area (TPSA) is 92.4 Å². The summed E-state index contributed by atoms with van der Waals surface area (Å²) in [6, 6.07) is 17.2. The zero-order valence-corrected chi connectivity index (χ0v) is 18.8. The van der Waals surface area contributed by atoms with Crippen LogP contribution in [0.5, 0.6) is 5.75 Å². The largest absolute Gasteiger partial charge is 0.494 e. The molecular formula is C23H19ClN4O3S. The number of urea groups is 1. The summed E-state index contributed by atoms with van der Waals surface area (Å²) in [5, 5.41) is 9.40. The molecule has 4 rings (SSSR count). The summed E-state index contributed by atoms with van der Waals surface area (Å²) >= 11 is 7.40. The van der Waals surface area contributed by atoms with Crippen molar-refractivity contribution in [2.24, 2.45) is 0 Å². The highest BCUT2D eigenvalue weighted by Gasteiger charge is 2.15. The van der Waals surface area contributed by atoms with Crippen LogP contribution in [0.25, 0.3) is 10.2 Å². The Hall–Kier alpha value is -3.62. The van der Waals surface area contributed by atoms with Crippen LogP contribution in [0.15, 0.2) is 60.7 Å². The molecular weight excluding hydrogens is 448 g/mol. The maximum atomic E-state index is 12.5. The number of aromatic nitrogens is 1. The average Bonchev–Trinajstić information content (AvgIpc) is 3.19. The normalized spacial score (nSPS) is 10.6. The fraction of sp³-hybridized carbons (Fsp3) is 0.0870. The van der Waals surface area contributed by atoms with Gasteiger partial charge in [-0.2, -0.15) is 0 Å². The molecule has 0 fully saturated rings. The first-order valence-corrected chi connectivity index (χ1v) is 10.8. The van der Waals surface area contributed by atoms with Gasteiger partial charge in [0.25, 0.3) is 5.91 Å². The third-order valence-electron chi connectivity index (χ3n) is 4.71. The molecule has 3 aromatic carbocycles. The van der Waals surface area contributed by atoms with Gasteiger partial charge in [-0.25, -0.2) is 9.78 Å². The SMILES string of the molecule is COc1cc(NC(=O)Nc2cccc(Cl)c2C)cc2sc(NC(=O)c3ccccc3)nc12. The number of halogens is 1. The highest BCUT2D eigenvalue weighted by molar-refractivity contribution is 7.22. The van der Waals surface area contributed by atoms with Crippen molar-refractivity contribution in [1.29, 1.82) is 0 Å². The van der Waals surface area contributed by atoms with E-state index in [9.17, 15) is 9.59 Å². The molecule has 0 unspecified atom stereocenters. The number of nitrogens with one attached hydrogen (secondary N) is 3. The molecule has 0 atom stereocenters. The first-order valence-electron chi connectivity index (χ1n) is 9.62. The third kappa shape index (κ3) is 4.66. The first-order chi connectivity index (χ1) is 15.4. The van der Waals surface area contributed by atoms with Crippen LogP contribution < -0.4 is 20.7 Å². The number of hydrogen-bond donors (Lipinski definition) is 3. The zero-order chi connectivity index (χ0) is 22.7. The number of amides is 3. The van der Waals surface area contributed by atoms with Gasteiger partial charge >= 0.3 is 6.03 Å². The van der Waals surface area contributed by atoms with Crippen molar-refractivity contribution in [3.05, 3.63) is 76.8 Å². The van der Waals surface area contributed by atoms with Gasteiger partial charge in [0.2, 0.25) is 0 Å². The number of benzene rings is 3. The zero-order valence-electron chi connectivity index (χ0n) is 17.2. The molecule has 0 saturated carbocycles. The molecule has 32 heavy (non-hydrogen) atoms. The van der Waals surface area contributed by atoms with E-state index in [1.165, 1.54) is 18.4 Å². The van der Waals surface area contributed by atoms with Crippen molar-refractivity contribution in [2.45, 2.75) is 6.92 Å². The lowest BCUT2D eigenvalue weighted by atomic mass is 10.2. The van der Waals surface area contributed by atoms with Crippen molar-refractivity contribution in [2.75, 3.05) is 23.1 Å². The number of ether oxygens (including phenoxy) is 1. The summed E-state index contributed by atoms with van der Waals surface area (Å²) in [7, 11) is 1.52. The first kappa shape index (κ1) is 21.6. The molecule has 0 saturated heterocycles. The molecule has 1 aromatic heterocycles. The Morgan fingerprint density at radius 3 is 2.53 bits per heavy atom. The number of hydrogen-bond acceptors (Lipinski definition) is 5. The Kier molecular flexibility index (Phi) is 6.25. The maximum absolute atomic E-state index is 12.5. The molecule has 7 nitrogen and oxygen atoms in total. The highest BCUT2D eigenvalue weighted by Crippen LogP contribution is 2.35. The van der Waals surface area contributed by atoms with E-state index in [-0.39, 0.29) is 5.91 Å². The van der Waals surface area contributed by atoms with Gasteiger partial charge in [0, 0.05) is 28.0 Å². The smallest absolute Gasteiger partial charge is 0.323 e. The minimum Gasteiger partial charge on any atom is -0.494 e. The fourth-order valence-electron chi connectivity index (χ4n) is 3.07. The predicted molar refractivity (Wildman–Crippen MR) is 129 cm³/mol. The van der Waals surface area contributed by atoms with E-state index in [2.05, 4.69) is 20.9 Å². The van der Waals surface area contributed by atoms with Crippen LogP contribution >= 0.6 is 22.9 Å². The minimum absolute atomic E-state index is 0.252. The highest BCUT2D eigenvalue weighted by atomic mass is 35.5. The number of nitrogens with zero attached hydrogens (tertiary/aromatic N) is 1. The number of carbonyl (C=O) groups is 2. The lowest BCUT2D eigenvalue weighted by Gasteiger charge is -2.11. The molecule has 4 aromatic rings. The summed E-state index contributed by atoms with van der Waals surface area (Å²) in [6.07, 6.45) is 0. The minimum atomic E-state index is -0.418. The number of anilines is 3. The average molecular weight is 467 g/mol. The molecule has 0 aliphatic carbocycles. The van der Waals surface area contributed by atoms with Crippen molar-refractivity contribution < 1.29 is 14.3 Å². The number of rotatable bonds is 5. The molecule has 0 aliphatic rings. The van der Waals surface area contributed by atoms with E-state index < -0.39 is 6.03 Å². The second-order valence-corrected chi connectivity index (χ2v) is 8.29. The van der Waals surface area contributed by atoms with E-state index in [4.69, 9.17) is 16.3 Å². The van der Waals surface area contributed by atoms with Crippen molar-refractivity contribution in [1.82, 2.24) is 4.98 Å². The predicted octanol–water partition coefficient (Wildman–Crippen LogP) is 6.16. The standard InChI is InChI=1S/C23H19ClN4O3S/c1-13-16(24)9-6-10-17(13)26-22(30)25-15-11-18(31-2)20-19(12-15)32-23(27-20)28-21(29)14-7-4-3-5-8-14/h3-12H,1-2H3,(H2,25,26,30)(H,27,28,29). The van der Waals surface area contributed by atoms with Gasteiger partial charge in [0.1, 0.15) is 11.3 Å². The van der Waals surface area contributed by atoms with Gasteiger partial charge in [-0.3, -0.25) is 10.1 Å². The van der Waals surface area contributed by atoms with Gasteiger partial charge in [0.15, 0.2) is 5.13 Å². The lowest BCUT2D eigenvalue weighted by Crippen LogP contribution is -2.20. The second kappa shape index (κ2) is 9.25. The van der Waals surface area contributed by atoms with Crippen LogP contribution in [-0.2, 0) is 0 Å². The lowest BCUT2D eigenvalue weighted by molar-refractivity contribution is 0.102. The maximum Gasteiger partial charge on any atom is 0.323 e. The molecule has 0 spiro atoms. The molecule has 3 amide bonds. The molecule has 0 bridgehead atoms. The Morgan fingerprint density at radius 2 is 1.78 bits per heavy atom. The van der Waals surface area contributed by atoms with E-state index in [1.807, 2.05) is 13.0 Å². The van der Waals surface area contributed by atoms with Crippen LogP contribution in [0.2, 0.25) is 5.02 Å². The third-order valence-corrected chi connectivity index (χ3v) is 6.04. The van der Waals surface area contributed by atoms with Crippen LogP contribution in [0.4, 0.5) is 21.3 Å². The number of methoxy groups -OCH3 is 1. The van der Waals surface area contributed by atoms with E-state index in [0.717, 1.165) is 10.3 Å². The number of fused-ring (bicyclic) bond motifs is 1. The summed E-state index contributed by atoms with van der Waals surface area (Å²) in [5.41, 5.74) is 3.05. The van der Waals surface area contributed by atoms with Crippen LogP contribution in [-0.4, -0.2) is 24.0 Å². The Morgan fingerprint density at radius 1 is 1.00 bits per heavy atom. The number of thiazole rings is 1. The van der Waals surface area contributed by atoms with Gasteiger partial charge in [-0.05, 0) is 42.8 Å². The summed E-state index contributed by atoms with van der Waals surface area (Å²) in [6.45, 7) is 1.83. The van der Waals surface area contributed by atoms with Crippen LogP contribution in [0, 0.1) is 6.92 Å². The van der Waals surface area contributed by atoms with Crippen molar-refractivity contribution in [3.63, 3.8) is 0 Å².